The molecule has 1 fully saturated rings. The second-order valence-electron chi connectivity index (χ2n) is 7.09. The van der Waals surface area contributed by atoms with Crippen LogP contribution in [0.4, 0.5) is 16.2 Å². The molecule has 28 heavy (non-hydrogen) atoms. The van der Waals surface area contributed by atoms with Crippen molar-refractivity contribution >= 4 is 23.3 Å². The molecule has 0 atom stereocenters. The molecule has 0 saturated carbocycles. The molecular weight excluding hydrogens is 350 g/mol. The van der Waals surface area contributed by atoms with Crippen LogP contribution in [-0.2, 0) is 6.42 Å². The Morgan fingerprint density at radius 2 is 1.79 bits per heavy atom. The summed E-state index contributed by atoms with van der Waals surface area (Å²) in [5, 5.41) is 5.76. The molecule has 138 valence electrons. The molecule has 0 radical (unpaired) electrons. The van der Waals surface area contributed by atoms with Crippen LogP contribution < -0.4 is 15.5 Å². The van der Waals surface area contributed by atoms with Crippen LogP contribution in [0.3, 0.4) is 0 Å². The maximum Gasteiger partial charge on any atom is 0.321 e. The summed E-state index contributed by atoms with van der Waals surface area (Å²) in [5.41, 5.74) is 7.08. The van der Waals surface area contributed by atoms with Gasteiger partial charge in [-0.15, -0.1) is 0 Å². The summed E-state index contributed by atoms with van der Waals surface area (Å²) in [6.07, 6.45) is 0.884. The third-order valence-corrected chi connectivity index (χ3v) is 5.33. The first-order valence-electron chi connectivity index (χ1n) is 9.37. The Morgan fingerprint density at radius 3 is 2.64 bits per heavy atom. The molecule has 1 aliphatic carbocycles. The first-order valence-corrected chi connectivity index (χ1v) is 9.37. The van der Waals surface area contributed by atoms with E-state index >= 15 is 0 Å². The Kier molecular flexibility index (Phi) is 3.86. The summed E-state index contributed by atoms with van der Waals surface area (Å²) in [7, 11) is 0. The van der Waals surface area contributed by atoms with E-state index in [9.17, 15) is 9.59 Å². The van der Waals surface area contributed by atoms with Crippen LogP contribution >= 0.6 is 0 Å². The molecule has 1 heterocycles. The van der Waals surface area contributed by atoms with Gasteiger partial charge in [0, 0.05) is 30.0 Å². The van der Waals surface area contributed by atoms with Crippen molar-refractivity contribution in [3.05, 3.63) is 83.4 Å². The lowest BCUT2D eigenvalue weighted by Crippen LogP contribution is -2.27. The molecule has 0 bridgehead atoms. The molecular formula is C23H19N3O2. The predicted octanol–water partition coefficient (Wildman–Crippen LogP) is 4.04. The number of nitrogens with one attached hydrogen (secondary N) is 2. The number of nitrogens with zero attached hydrogens (tertiary/aromatic N) is 1. The molecule has 0 aromatic heterocycles. The van der Waals surface area contributed by atoms with Crippen LogP contribution in [0.25, 0.3) is 11.1 Å². The average Bonchev–Trinajstić information content (AvgIpc) is 3.31. The van der Waals surface area contributed by atoms with E-state index in [1.54, 1.807) is 23.1 Å². The Balaban J connectivity index is 1.37. The van der Waals surface area contributed by atoms with Gasteiger partial charge in [0.1, 0.15) is 0 Å². The van der Waals surface area contributed by atoms with Crippen molar-refractivity contribution in [1.82, 2.24) is 5.32 Å². The van der Waals surface area contributed by atoms with E-state index in [0.29, 0.717) is 18.7 Å². The molecule has 0 unspecified atom stereocenters. The lowest BCUT2D eigenvalue weighted by molar-refractivity contribution is 0.102. The number of benzene rings is 3. The highest BCUT2D eigenvalue weighted by Gasteiger charge is 2.22. The third-order valence-electron chi connectivity index (χ3n) is 5.33. The minimum Gasteiger partial charge on any atom is -0.336 e. The molecule has 3 aromatic rings. The number of urea groups is 1. The summed E-state index contributed by atoms with van der Waals surface area (Å²) >= 11 is 0. The van der Waals surface area contributed by atoms with E-state index in [1.165, 1.54) is 22.3 Å². The zero-order valence-electron chi connectivity index (χ0n) is 15.2. The summed E-state index contributed by atoms with van der Waals surface area (Å²) in [6, 6.07) is 21.5. The summed E-state index contributed by atoms with van der Waals surface area (Å²) in [4.78, 5) is 26.3. The first-order chi connectivity index (χ1) is 13.7. The van der Waals surface area contributed by atoms with Gasteiger partial charge in [-0.1, -0.05) is 36.4 Å². The van der Waals surface area contributed by atoms with Gasteiger partial charge in [-0.25, -0.2) is 4.79 Å². The van der Waals surface area contributed by atoms with E-state index in [0.717, 1.165) is 17.8 Å². The topological polar surface area (TPSA) is 61.4 Å². The van der Waals surface area contributed by atoms with E-state index in [-0.39, 0.29) is 11.9 Å². The van der Waals surface area contributed by atoms with Gasteiger partial charge in [0.15, 0.2) is 0 Å². The molecule has 1 aliphatic heterocycles. The fourth-order valence-electron chi connectivity index (χ4n) is 3.96. The average molecular weight is 369 g/mol. The van der Waals surface area contributed by atoms with Crippen molar-refractivity contribution in [2.75, 3.05) is 23.3 Å². The zero-order valence-corrected chi connectivity index (χ0v) is 15.2. The molecule has 5 heteroatoms. The number of rotatable bonds is 3. The largest absolute Gasteiger partial charge is 0.336 e. The Hall–Kier alpha value is -3.60. The van der Waals surface area contributed by atoms with Gasteiger partial charge in [0.25, 0.3) is 5.91 Å². The van der Waals surface area contributed by atoms with Crippen LogP contribution in [-0.4, -0.2) is 25.0 Å². The van der Waals surface area contributed by atoms with Gasteiger partial charge in [0.05, 0.1) is 0 Å². The second kappa shape index (κ2) is 6.53. The minimum atomic E-state index is -0.183. The van der Waals surface area contributed by atoms with E-state index in [4.69, 9.17) is 0 Å². The summed E-state index contributed by atoms with van der Waals surface area (Å²) < 4.78 is 0. The third kappa shape index (κ3) is 2.81. The van der Waals surface area contributed by atoms with Gasteiger partial charge in [0.2, 0.25) is 0 Å². The summed E-state index contributed by atoms with van der Waals surface area (Å²) in [5.74, 6) is -0.183. The molecule has 2 aliphatic rings. The first kappa shape index (κ1) is 16.6. The van der Waals surface area contributed by atoms with Crippen LogP contribution in [0.5, 0.6) is 0 Å². The maximum absolute atomic E-state index is 12.8. The zero-order chi connectivity index (χ0) is 19.1. The van der Waals surface area contributed by atoms with Crippen molar-refractivity contribution < 1.29 is 9.59 Å². The fourth-order valence-corrected chi connectivity index (χ4v) is 3.96. The van der Waals surface area contributed by atoms with Crippen LogP contribution in [0.2, 0.25) is 0 Å². The van der Waals surface area contributed by atoms with Gasteiger partial charge in [-0.2, -0.15) is 0 Å². The highest BCUT2D eigenvalue weighted by atomic mass is 16.2. The quantitative estimate of drug-likeness (QED) is 0.573. The summed E-state index contributed by atoms with van der Waals surface area (Å²) in [6.45, 7) is 1.22. The van der Waals surface area contributed by atoms with Gasteiger partial charge >= 0.3 is 6.03 Å². The van der Waals surface area contributed by atoms with E-state index in [2.05, 4.69) is 41.0 Å². The Labute approximate surface area is 163 Å². The van der Waals surface area contributed by atoms with Crippen molar-refractivity contribution in [2.45, 2.75) is 6.42 Å². The van der Waals surface area contributed by atoms with E-state index in [1.807, 2.05) is 18.2 Å². The number of carbonyl (C=O) groups excluding carboxylic acids is 2. The molecule has 5 nitrogen and oxygen atoms in total. The predicted molar refractivity (Wildman–Crippen MR) is 110 cm³/mol. The molecule has 3 amide bonds. The molecule has 0 spiro atoms. The number of carbonyl (C=O) groups is 2. The lowest BCUT2D eigenvalue weighted by Gasteiger charge is -2.15. The fraction of sp³-hybridized carbons (Fsp3) is 0.130. The number of fused-ring (bicyclic) bond motifs is 3. The smallest absolute Gasteiger partial charge is 0.321 e. The van der Waals surface area contributed by atoms with Gasteiger partial charge in [-0.05, 0) is 59.0 Å². The molecule has 2 N–H and O–H groups in total. The minimum absolute atomic E-state index is 0.129. The van der Waals surface area contributed by atoms with Crippen LogP contribution in [0.15, 0.2) is 66.7 Å². The normalized spacial score (nSPS) is 14.4. The standard InChI is InChI=1S/C23H19N3O2/c27-22(16-5-3-6-19(14-16)26-11-10-24-23(26)28)25-18-8-9-21-17(13-18)12-15-4-1-2-7-20(15)21/h1-9,13-14H,10-12H2,(H,24,28)(H,25,27). The molecule has 5 rings (SSSR count). The van der Waals surface area contributed by atoms with Crippen molar-refractivity contribution in [2.24, 2.45) is 0 Å². The van der Waals surface area contributed by atoms with Crippen molar-refractivity contribution in [3.63, 3.8) is 0 Å². The van der Waals surface area contributed by atoms with Crippen LogP contribution in [0.1, 0.15) is 21.5 Å². The molecule has 3 aromatic carbocycles. The number of amides is 3. The van der Waals surface area contributed by atoms with E-state index < -0.39 is 0 Å². The second-order valence-corrected chi connectivity index (χ2v) is 7.09. The Morgan fingerprint density at radius 1 is 0.929 bits per heavy atom. The Bertz CT molecular complexity index is 1110. The highest BCUT2D eigenvalue weighted by molar-refractivity contribution is 6.06. The van der Waals surface area contributed by atoms with Gasteiger partial charge in [-0.3, -0.25) is 9.69 Å². The maximum atomic E-state index is 12.8. The number of anilines is 2. The van der Waals surface area contributed by atoms with Gasteiger partial charge < -0.3 is 10.6 Å². The monoisotopic (exact) mass is 369 g/mol. The molecule has 1 saturated heterocycles. The van der Waals surface area contributed by atoms with Crippen molar-refractivity contribution in [1.29, 1.82) is 0 Å². The van der Waals surface area contributed by atoms with Crippen molar-refractivity contribution in [3.8, 4) is 11.1 Å². The number of hydrogen-bond donors (Lipinski definition) is 2. The lowest BCUT2D eigenvalue weighted by atomic mass is 10.1. The number of hydrogen-bond acceptors (Lipinski definition) is 2. The van der Waals surface area contributed by atoms with Crippen LogP contribution in [0, 0.1) is 0 Å². The highest BCUT2D eigenvalue weighted by Crippen LogP contribution is 2.37. The SMILES string of the molecule is O=C(Nc1ccc2c(c1)Cc1ccccc1-2)c1cccc(N2CCNC2=O)c1.